The Kier molecular flexibility index (Phi) is 4.56. The first-order valence-corrected chi connectivity index (χ1v) is 7.06. The van der Waals surface area contributed by atoms with Crippen molar-refractivity contribution in [3.8, 4) is 0 Å². The maximum Gasteiger partial charge on any atom is 0.272 e. The Bertz CT molecular complexity index is 610. The highest BCUT2D eigenvalue weighted by molar-refractivity contribution is 6.00. The third-order valence-corrected chi connectivity index (χ3v) is 3.32. The molecule has 1 N–H and O–H groups in total. The molecule has 0 aliphatic heterocycles. The van der Waals surface area contributed by atoms with Gasteiger partial charge in [0, 0.05) is 25.5 Å². The largest absolute Gasteiger partial charge is 0.370 e. The number of carbonyl (C=O) groups excluding carboxylic acids is 1. The van der Waals surface area contributed by atoms with Gasteiger partial charge in [-0.1, -0.05) is 31.2 Å². The number of amides is 1. The van der Waals surface area contributed by atoms with E-state index in [1.807, 2.05) is 37.3 Å². The molecule has 0 fully saturated rings. The van der Waals surface area contributed by atoms with Crippen molar-refractivity contribution in [3.63, 3.8) is 0 Å². The van der Waals surface area contributed by atoms with E-state index in [9.17, 15) is 4.79 Å². The Morgan fingerprint density at radius 3 is 2.75 bits per heavy atom. The van der Waals surface area contributed by atoms with E-state index in [1.54, 1.807) is 11.9 Å². The number of anilines is 1. The molecule has 0 aliphatic carbocycles. The van der Waals surface area contributed by atoms with Crippen molar-refractivity contribution in [1.82, 2.24) is 9.88 Å². The van der Waals surface area contributed by atoms with Crippen LogP contribution in [-0.2, 0) is 0 Å². The second kappa shape index (κ2) is 6.37. The van der Waals surface area contributed by atoms with Gasteiger partial charge in [-0.05, 0) is 24.8 Å². The maximum absolute atomic E-state index is 12.3. The molecule has 1 heterocycles. The smallest absolute Gasteiger partial charge is 0.272 e. The number of aromatic nitrogens is 1. The van der Waals surface area contributed by atoms with Crippen LogP contribution >= 0.6 is 0 Å². The molecule has 1 amide bonds. The van der Waals surface area contributed by atoms with Gasteiger partial charge in [-0.15, -0.1) is 0 Å². The van der Waals surface area contributed by atoms with Crippen LogP contribution in [0.1, 0.15) is 30.8 Å². The fourth-order valence-corrected chi connectivity index (χ4v) is 2.03. The zero-order valence-corrected chi connectivity index (χ0v) is 12.3. The van der Waals surface area contributed by atoms with Crippen LogP contribution in [0.25, 0.3) is 10.8 Å². The van der Waals surface area contributed by atoms with Crippen molar-refractivity contribution in [2.75, 3.05) is 25.5 Å². The summed E-state index contributed by atoms with van der Waals surface area (Å²) in [6.07, 6.45) is 1.02. The van der Waals surface area contributed by atoms with Crippen LogP contribution in [0.3, 0.4) is 0 Å². The molecule has 0 bridgehead atoms. The summed E-state index contributed by atoms with van der Waals surface area (Å²) in [5.41, 5.74) is 0.492. The minimum atomic E-state index is -0.0437. The van der Waals surface area contributed by atoms with E-state index in [2.05, 4.69) is 17.2 Å². The predicted molar refractivity (Wildman–Crippen MR) is 83.2 cm³/mol. The molecule has 106 valence electrons. The van der Waals surface area contributed by atoms with E-state index >= 15 is 0 Å². The lowest BCUT2D eigenvalue weighted by molar-refractivity contribution is 0.0797. The number of hydrogen-bond acceptors (Lipinski definition) is 3. The van der Waals surface area contributed by atoms with Crippen LogP contribution in [0.2, 0.25) is 0 Å². The molecule has 0 atom stereocenters. The molecule has 0 saturated heterocycles. The van der Waals surface area contributed by atoms with Crippen molar-refractivity contribution in [1.29, 1.82) is 0 Å². The summed E-state index contributed by atoms with van der Waals surface area (Å²) in [6, 6.07) is 9.86. The summed E-state index contributed by atoms with van der Waals surface area (Å²) in [7, 11) is 1.79. The first-order chi connectivity index (χ1) is 9.67. The van der Waals surface area contributed by atoms with E-state index in [0.717, 1.165) is 29.6 Å². The summed E-state index contributed by atoms with van der Waals surface area (Å²) in [5.74, 6) is 0.746. The number of benzene rings is 1. The van der Waals surface area contributed by atoms with Crippen LogP contribution < -0.4 is 5.32 Å². The average Bonchev–Trinajstić information content (AvgIpc) is 2.50. The van der Waals surface area contributed by atoms with Crippen molar-refractivity contribution in [2.24, 2.45) is 0 Å². The Morgan fingerprint density at radius 1 is 1.30 bits per heavy atom. The van der Waals surface area contributed by atoms with Gasteiger partial charge < -0.3 is 10.2 Å². The van der Waals surface area contributed by atoms with Crippen LogP contribution in [0.5, 0.6) is 0 Å². The molecule has 2 aromatic rings. The number of rotatable bonds is 5. The summed E-state index contributed by atoms with van der Waals surface area (Å²) >= 11 is 0. The topological polar surface area (TPSA) is 45.2 Å². The van der Waals surface area contributed by atoms with E-state index in [-0.39, 0.29) is 5.91 Å². The fourth-order valence-electron chi connectivity index (χ4n) is 2.03. The SMILES string of the molecule is CCCNc1nc(C(=O)N(C)CC)cc2ccccc12. The molecule has 0 aliphatic rings. The molecule has 20 heavy (non-hydrogen) atoms. The number of fused-ring (bicyclic) bond motifs is 1. The van der Waals surface area contributed by atoms with Crippen LogP contribution in [0.15, 0.2) is 30.3 Å². The lowest BCUT2D eigenvalue weighted by Crippen LogP contribution is -2.27. The number of hydrogen-bond donors (Lipinski definition) is 1. The molecule has 2 rings (SSSR count). The summed E-state index contributed by atoms with van der Waals surface area (Å²) in [6.45, 7) is 5.58. The van der Waals surface area contributed by atoms with Crippen molar-refractivity contribution < 1.29 is 4.79 Å². The van der Waals surface area contributed by atoms with Gasteiger partial charge in [0.2, 0.25) is 0 Å². The van der Waals surface area contributed by atoms with Crippen LogP contribution in [0, 0.1) is 0 Å². The Labute approximate surface area is 119 Å². The molecule has 1 aromatic heterocycles. The minimum absolute atomic E-state index is 0.0437. The highest BCUT2D eigenvalue weighted by atomic mass is 16.2. The first-order valence-electron chi connectivity index (χ1n) is 7.06. The number of carbonyl (C=O) groups is 1. The zero-order chi connectivity index (χ0) is 14.5. The van der Waals surface area contributed by atoms with Crippen LogP contribution in [-0.4, -0.2) is 35.9 Å². The van der Waals surface area contributed by atoms with Gasteiger partial charge in [-0.3, -0.25) is 4.79 Å². The molecule has 0 spiro atoms. The van der Waals surface area contributed by atoms with E-state index in [1.165, 1.54) is 0 Å². The summed E-state index contributed by atoms with van der Waals surface area (Å²) in [5, 5.41) is 5.40. The third-order valence-electron chi connectivity index (χ3n) is 3.32. The minimum Gasteiger partial charge on any atom is -0.370 e. The number of nitrogens with zero attached hydrogens (tertiary/aromatic N) is 2. The van der Waals surface area contributed by atoms with Crippen LogP contribution in [0.4, 0.5) is 5.82 Å². The molecule has 0 saturated carbocycles. The van der Waals surface area contributed by atoms with Crippen molar-refractivity contribution in [2.45, 2.75) is 20.3 Å². The van der Waals surface area contributed by atoms with Crippen molar-refractivity contribution >= 4 is 22.5 Å². The highest BCUT2D eigenvalue weighted by Gasteiger charge is 2.14. The molecule has 0 radical (unpaired) electrons. The van der Waals surface area contributed by atoms with Gasteiger partial charge in [0.1, 0.15) is 11.5 Å². The molecule has 4 nitrogen and oxygen atoms in total. The second-order valence-corrected chi connectivity index (χ2v) is 4.82. The maximum atomic E-state index is 12.3. The lowest BCUT2D eigenvalue weighted by Gasteiger charge is -2.16. The summed E-state index contributed by atoms with van der Waals surface area (Å²) < 4.78 is 0. The number of pyridine rings is 1. The van der Waals surface area contributed by atoms with Gasteiger partial charge >= 0.3 is 0 Å². The molecule has 1 aromatic carbocycles. The molecule has 0 unspecified atom stereocenters. The first kappa shape index (κ1) is 14.3. The average molecular weight is 271 g/mol. The highest BCUT2D eigenvalue weighted by Crippen LogP contribution is 2.23. The standard InChI is InChI=1S/C16H21N3O/c1-4-10-17-15-13-9-7-6-8-12(13)11-14(18-15)16(20)19(3)5-2/h6-9,11H,4-5,10H2,1-3H3,(H,17,18). The fraction of sp³-hybridized carbons (Fsp3) is 0.375. The van der Waals surface area contributed by atoms with E-state index in [4.69, 9.17) is 0 Å². The lowest BCUT2D eigenvalue weighted by atomic mass is 10.1. The second-order valence-electron chi connectivity index (χ2n) is 4.82. The molecular weight excluding hydrogens is 250 g/mol. The zero-order valence-electron chi connectivity index (χ0n) is 12.3. The predicted octanol–water partition coefficient (Wildman–Crippen LogP) is 3.15. The third kappa shape index (κ3) is 2.90. The Morgan fingerprint density at radius 2 is 2.05 bits per heavy atom. The summed E-state index contributed by atoms with van der Waals surface area (Å²) in [4.78, 5) is 18.5. The molecule has 4 heteroatoms. The normalized spacial score (nSPS) is 10.6. The van der Waals surface area contributed by atoms with Gasteiger partial charge in [0.05, 0.1) is 0 Å². The van der Waals surface area contributed by atoms with Gasteiger partial charge in [-0.2, -0.15) is 0 Å². The van der Waals surface area contributed by atoms with Gasteiger partial charge in [0.15, 0.2) is 0 Å². The quantitative estimate of drug-likeness (QED) is 0.908. The monoisotopic (exact) mass is 271 g/mol. The van der Waals surface area contributed by atoms with Crippen molar-refractivity contribution in [3.05, 3.63) is 36.0 Å². The van der Waals surface area contributed by atoms with E-state index < -0.39 is 0 Å². The molecular formula is C16H21N3O. The van der Waals surface area contributed by atoms with Gasteiger partial charge in [-0.25, -0.2) is 4.98 Å². The Balaban J connectivity index is 2.49. The van der Waals surface area contributed by atoms with Gasteiger partial charge in [0.25, 0.3) is 5.91 Å². The number of nitrogens with one attached hydrogen (secondary N) is 1. The van der Waals surface area contributed by atoms with E-state index in [0.29, 0.717) is 12.2 Å². The Hall–Kier alpha value is -2.10.